The highest BCUT2D eigenvalue weighted by Crippen LogP contribution is 2.39. The second kappa shape index (κ2) is 7.57. The second-order valence-electron chi connectivity index (χ2n) is 9.28. The Morgan fingerprint density at radius 1 is 0.774 bits per heavy atom. The third kappa shape index (κ3) is 3.43. The average Bonchev–Trinajstić information content (AvgIpc) is 2.73. The predicted octanol–water partition coefficient (Wildman–Crippen LogP) is 3.83. The maximum atomic E-state index is 12.1. The summed E-state index contributed by atoms with van der Waals surface area (Å²) in [6.07, 6.45) is 0. The van der Waals surface area contributed by atoms with Crippen LogP contribution in [0.1, 0.15) is 33.0 Å². The lowest BCUT2D eigenvalue weighted by Crippen LogP contribution is -2.59. The summed E-state index contributed by atoms with van der Waals surface area (Å²) in [5.74, 6) is -0.971. The van der Waals surface area contributed by atoms with E-state index in [9.17, 15) is 9.90 Å². The fourth-order valence-electron chi connectivity index (χ4n) is 4.82. The Morgan fingerprint density at radius 3 is 1.71 bits per heavy atom. The fraction of sp³-hybridized carbons (Fsp3) is 0.269. The van der Waals surface area contributed by atoms with Gasteiger partial charge in [0.05, 0.1) is 5.56 Å². The Bertz CT molecular complexity index is 1110. The van der Waals surface area contributed by atoms with Crippen molar-refractivity contribution in [1.29, 1.82) is 0 Å². The molecule has 0 saturated heterocycles. The molecule has 4 nitrogen and oxygen atoms in total. The Labute approximate surface area is 185 Å². The van der Waals surface area contributed by atoms with Crippen LogP contribution < -0.4 is 20.2 Å². The van der Waals surface area contributed by atoms with Crippen LogP contribution in [0.5, 0.6) is 0 Å². The summed E-state index contributed by atoms with van der Waals surface area (Å²) in [6.45, 7) is 4.81. The molecule has 5 heteroatoms. The molecule has 3 aromatic carbocycles. The number of anilines is 2. The third-order valence-electron chi connectivity index (χ3n) is 6.58. The summed E-state index contributed by atoms with van der Waals surface area (Å²) >= 11 is 0. The summed E-state index contributed by atoms with van der Waals surface area (Å²) in [5.41, 5.74) is 6.06. The van der Waals surface area contributed by atoms with Gasteiger partial charge in [0.15, 0.2) is 0 Å². The van der Waals surface area contributed by atoms with Crippen LogP contribution >= 0.6 is 0 Å². The van der Waals surface area contributed by atoms with E-state index in [0.717, 1.165) is 5.56 Å². The lowest BCUT2D eigenvalue weighted by molar-refractivity contribution is 0.0695. The van der Waals surface area contributed by atoms with Gasteiger partial charge in [0.2, 0.25) is 0 Å². The number of benzene rings is 3. The molecule has 1 heterocycles. The summed E-state index contributed by atoms with van der Waals surface area (Å²) < 4.78 is 0. The van der Waals surface area contributed by atoms with E-state index in [1.54, 1.807) is 12.1 Å². The van der Waals surface area contributed by atoms with Gasteiger partial charge in [-0.05, 0) is 57.4 Å². The maximum Gasteiger partial charge on any atom is 0.335 e. The first-order chi connectivity index (χ1) is 14.6. The molecule has 31 heavy (non-hydrogen) atoms. The quantitative estimate of drug-likeness (QED) is 0.639. The van der Waals surface area contributed by atoms with Gasteiger partial charge in [-0.25, -0.2) is 4.79 Å². The minimum absolute atomic E-state index is 0.0924. The molecule has 1 aliphatic rings. The van der Waals surface area contributed by atoms with Crippen molar-refractivity contribution in [2.75, 3.05) is 38.0 Å². The van der Waals surface area contributed by atoms with Crippen LogP contribution in [0.25, 0.3) is 0 Å². The SMILES string of the molecule is CN(C)c1ccc2c(c1)[Si](C)(C)c1cc(N(C)C)ccc1C2c1ccccc1C(=O)O. The molecule has 4 rings (SSSR count). The normalized spacial score (nSPS) is 14.5. The summed E-state index contributed by atoms with van der Waals surface area (Å²) in [4.78, 5) is 16.4. The molecular weight excluding hydrogens is 400 g/mol. The molecule has 0 spiro atoms. The number of hydrogen-bond acceptors (Lipinski definition) is 3. The standard InChI is InChI=1S/C26H30N2O2Si/c1-27(2)17-11-13-21-23(15-17)31(5,6)24-16-18(28(3)4)12-14-22(24)25(21)19-9-7-8-10-20(19)26(29)30/h7-16,25H,1-6H3,(H,29,30). The highest BCUT2D eigenvalue weighted by molar-refractivity contribution is 7.01. The van der Waals surface area contributed by atoms with Gasteiger partial charge in [-0.3, -0.25) is 0 Å². The molecule has 0 radical (unpaired) electrons. The number of fused-ring (bicyclic) bond motifs is 2. The molecule has 1 N–H and O–H groups in total. The van der Waals surface area contributed by atoms with E-state index in [1.807, 2.05) is 12.1 Å². The zero-order valence-electron chi connectivity index (χ0n) is 19.1. The van der Waals surface area contributed by atoms with Gasteiger partial charge >= 0.3 is 5.97 Å². The highest BCUT2D eigenvalue weighted by atomic mass is 28.3. The van der Waals surface area contributed by atoms with E-state index in [1.165, 1.54) is 32.9 Å². The van der Waals surface area contributed by atoms with Gasteiger partial charge in [0.1, 0.15) is 8.07 Å². The van der Waals surface area contributed by atoms with E-state index < -0.39 is 14.0 Å². The molecule has 0 amide bonds. The van der Waals surface area contributed by atoms with Crippen molar-refractivity contribution in [2.45, 2.75) is 19.0 Å². The molecule has 1 aliphatic heterocycles. The monoisotopic (exact) mass is 430 g/mol. The van der Waals surface area contributed by atoms with E-state index >= 15 is 0 Å². The van der Waals surface area contributed by atoms with Crippen LogP contribution in [0.4, 0.5) is 11.4 Å². The van der Waals surface area contributed by atoms with E-state index in [2.05, 4.69) is 87.5 Å². The number of carbonyl (C=O) groups is 1. The van der Waals surface area contributed by atoms with Crippen LogP contribution in [-0.2, 0) is 0 Å². The Hall–Kier alpha value is -3.05. The zero-order valence-corrected chi connectivity index (χ0v) is 20.1. The highest BCUT2D eigenvalue weighted by Gasteiger charge is 2.41. The number of carboxylic acids is 1. The molecule has 3 aromatic rings. The first-order valence-electron chi connectivity index (χ1n) is 10.6. The van der Waals surface area contributed by atoms with Crippen LogP contribution in [-0.4, -0.2) is 47.3 Å². The van der Waals surface area contributed by atoms with Crippen molar-refractivity contribution in [2.24, 2.45) is 0 Å². The van der Waals surface area contributed by atoms with Crippen molar-refractivity contribution < 1.29 is 9.90 Å². The summed E-state index contributed by atoms with van der Waals surface area (Å²) in [7, 11) is 6.25. The predicted molar refractivity (Wildman–Crippen MR) is 133 cm³/mol. The molecule has 0 atom stereocenters. The minimum Gasteiger partial charge on any atom is -0.478 e. The average molecular weight is 431 g/mol. The molecule has 0 aliphatic carbocycles. The van der Waals surface area contributed by atoms with Crippen LogP contribution in [0.15, 0.2) is 60.7 Å². The van der Waals surface area contributed by atoms with Crippen LogP contribution in [0.3, 0.4) is 0 Å². The second-order valence-corrected chi connectivity index (χ2v) is 13.6. The van der Waals surface area contributed by atoms with Crippen molar-refractivity contribution in [3.63, 3.8) is 0 Å². The number of hydrogen-bond donors (Lipinski definition) is 1. The molecule has 0 unspecified atom stereocenters. The Kier molecular flexibility index (Phi) is 5.18. The zero-order chi connectivity index (χ0) is 22.5. The summed E-state index contributed by atoms with van der Waals surface area (Å²) in [5, 5.41) is 12.7. The topological polar surface area (TPSA) is 43.8 Å². The maximum absolute atomic E-state index is 12.1. The van der Waals surface area contributed by atoms with Gasteiger partial charge in [-0.2, -0.15) is 0 Å². The van der Waals surface area contributed by atoms with Gasteiger partial charge in [0.25, 0.3) is 0 Å². The molecule has 0 aromatic heterocycles. The molecule has 0 bridgehead atoms. The van der Waals surface area contributed by atoms with E-state index in [-0.39, 0.29) is 5.92 Å². The molecule has 0 fully saturated rings. The number of aromatic carboxylic acids is 1. The van der Waals surface area contributed by atoms with Crippen molar-refractivity contribution in [1.82, 2.24) is 0 Å². The first-order valence-corrected chi connectivity index (χ1v) is 13.6. The van der Waals surface area contributed by atoms with Crippen LogP contribution in [0, 0.1) is 0 Å². The number of rotatable bonds is 4. The van der Waals surface area contributed by atoms with E-state index in [4.69, 9.17) is 0 Å². The third-order valence-corrected chi connectivity index (χ3v) is 10.1. The summed E-state index contributed by atoms with van der Waals surface area (Å²) in [6, 6.07) is 20.8. The lowest BCUT2D eigenvalue weighted by atomic mass is 9.82. The van der Waals surface area contributed by atoms with Gasteiger partial charge in [-0.1, -0.05) is 43.4 Å². The number of nitrogens with zero attached hydrogens (tertiary/aromatic N) is 2. The van der Waals surface area contributed by atoms with Gasteiger partial charge < -0.3 is 14.9 Å². The number of carboxylic acid groups (broad SMARTS) is 1. The molecule has 0 saturated carbocycles. The van der Waals surface area contributed by atoms with Crippen molar-refractivity contribution in [3.05, 3.63) is 82.9 Å². The van der Waals surface area contributed by atoms with Gasteiger partial charge in [0, 0.05) is 45.5 Å². The minimum atomic E-state index is -2.01. The first kappa shape index (κ1) is 21.2. The van der Waals surface area contributed by atoms with Gasteiger partial charge in [-0.15, -0.1) is 0 Å². The lowest BCUT2D eigenvalue weighted by Gasteiger charge is -2.40. The fourth-order valence-corrected chi connectivity index (χ4v) is 8.03. The van der Waals surface area contributed by atoms with Crippen LogP contribution in [0.2, 0.25) is 13.1 Å². The van der Waals surface area contributed by atoms with E-state index in [0.29, 0.717) is 5.56 Å². The van der Waals surface area contributed by atoms with Crippen molar-refractivity contribution >= 4 is 35.8 Å². The largest absolute Gasteiger partial charge is 0.478 e. The Balaban J connectivity index is 2.07. The Morgan fingerprint density at radius 2 is 1.26 bits per heavy atom. The molecular formula is C26H30N2O2Si. The van der Waals surface area contributed by atoms with Crippen molar-refractivity contribution in [3.8, 4) is 0 Å². The molecule has 160 valence electrons. The smallest absolute Gasteiger partial charge is 0.335 e.